The van der Waals surface area contributed by atoms with E-state index in [-0.39, 0.29) is 6.04 Å². The van der Waals surface area contributed by atoms with E-state index < -0.39 is 5.60 Å². The highest BCUT2D eigenvalue weighted by atomic mass is 35.5. The first-order valence-electron chi connectivity index (χ1n) is 9.12. The molecule has 0 saturated carbocycles. The molecule has 1 aromatic heterocycles. The van der Waals surface area contributed by atoms with E-state index in [1.54, 1.807) is 4.68 Å². The number of aromatic nitrogens is 3. The van der Waals surface area contributed by atoms with Crippen molar-refractivity contribution >= 4 is 22.6 Å². The van der Waals surface area contributed by atoms with Crippen LogP contribution in [0.5, 0.6) is 0 Å². The van der Waals surface area contributed by atoms with Gasteiger partial charge in [0, 0.05) is 0 Å². The molecule has 28 heavy (non-hydrogen) atoms. The molecule has 0 radical (unpaired) electrons. The van der Waals surface area contributed by atoms with Crippen LogP contribution in [-0.4, -0.2) is 20.1 Å². The second-order valence-corrected chi connectivity index (χ2v) is 7.13. The number of benzene rings is 3. The number of nitrogens with zero attached hydrogens (tertiary/aromatic N) is 3. The zero-order valence-corrected chi connectivity index (χ0v) is 16.2. The van der Waals surface area contributed by atoms with E-state index in [1.807, 2.05) is 97.9 Å². The van der Waals surface area contributed by atoms with Crippen molar-refractivity contribution in [2.75, 3.05) is 0 Å². The van der Waals surface area contributed by atoms with Gasteiger partial charge in [-0.2, -0.15) is 0 Å². The lowest BCUT2D eigenvalue weighted by Crippen LogP contribution is -2.28. The van der Waals surface area contributed by atoms with E-state index in [1.165, 1.54) is 0 Å². The van der Waals surface area contributed by atoms with Crippen molar-refractivity contribution in [3.63, 3.8) is 0 Å². The van der Waals surface area contributed by atoms with Crippen molar-refractivity contribution in [2.24, 2.45) is 0 Å². The van der Waals surface area contributed by atoms with Gasteiger partial charge in [-0.05, 0) is 36.3 Å². The Balaban J connectivity index is 1.80. The highest BCUT2D eigenvalue weighted by Crippen LogP contribution is 2.39. The average Bonchev–Trinajstić information content (AvgIpc) is 3.18. The maximum Gasteiger partial charge on any atom is 0.150 e. The second-order valence-electron chi connectivity index (χ2n) is 6.72. The van der Waals surface area contributed by atoms with E-state index in [2.05, 4.69) is 10.3 Å². The summed E-state index contributed by atoms with van der Waals surface area (Å²) in [4.78, 5) is 0. The molecule has 0 aliphatic rings. The van der Waals surface area contributed by atoms with Gasteiger partial charge in [0.2, 0.25) is 0 Å². The predicted octanol–water partition coefficient (Wildman–Crippen LogP) is 5.05. The maximum absolute atomic E-state index is 11.7. The number of fused-ring (bicyclic) bond motifs is 1. The molecular formula is C23H20ClN3O. The largest absolute Gasteiger partial charge is 0.375 e. The number of rotatable bonds is 5. The fraction of sp³-hybridized carbons (Fsp3) is 0.130. The van der Waals surface area contributed by atoms with Crippen LogP contribution in [0.15, 0.2) is 96.0 Å². The van der Waals surface area contributed by atoms with Gasteiger partial charge >= 0.3 is 0 Å². The first-order valence-corrected chi connectivity index (χ1v) is 9.49. The van der Waals surface area contributed by atoms with Crippen molar-refractivity contribution in [1.82, 2.24) is 15.0 Å². The number of allylic oxidation sites excluding steroid dienone is 1. The Hall–Kier alpha value is -2.95. The Morgan fingerprint density at radius 3 is 2.07 bits per heavy atom. The van der Waals surface area contributed by atoms with Gasteiger partial charge in [-0.25, -0.2) is 4.68 Å². The highest BCUT2D eigenvalue weighted by molar-refractivity contribution is 6.31. The van der Waals surface area contributed by atoms with Gasteiger partial charge in [0.1, 0.15) is 5.52 Å². The Morgan fingerprint density at radius 2 is 1.46 bits per heavy atom. The van der Waals surface area contributed by atoms with Crippen LogP contribution in [0.3, 0.4) is 0 Å². The van der Waals surface area contributed by atoms with Crippen LogP contribution < -0.4 is 0 Å². The van der Waals surface area contributed by atoms with E-state index in [0.717, 1.165) is 11.0 Å². The van der Waals surface area contributed by atoms with Crippen molar-refractivity contribution in [1.29, 1.82) is 0 Å². The first kappa shape index (κ1) is 18.4. The van der Waals surface area contributed by atoms with Crippen molar-refractivity contribution < 1.29 is 5.11 Å². The molecule has 0 spiro atoms. The van der Waals surface area contributed by atoms with E-state index in [0.29, 0.717) is 16.2 Å². The quantitative estimate of drug-likeness (QED) is 0.519. The first-order chi connectivity index (χ1) is 13.6. The molecule has 140 valence electrons. The van der Waals surface area contributed by atoms with E-state index >= 15 is 0 Å². The van der Waals surface area contributed by atoms with Crippen LogP contribution in [0.25, 0.3) is 11.0 Å². The third-order valence-corrected chi connectivity index (χ3v) is 5.28. The zero-order valence-electron chi connectivity index (χ0n) is 15.4. The van der Waals surface area contributed by atoms with Gasteiger partial charge in [-0.15, -0.1) is 5.10 Å². The van der Waals surface area contributed by atoms with E-state index in [9.17, 15) is 5.11 Å². The summed E-state index contributed by atoms with van der Waals surface area (Å²) in [5, 5.41) is 20.5. The smallest absolute Gasteiger partial charge is 0.150 e. The van der Waals surface area contributed by atoms with Crippen LogP contribution in [-0.2, 0) is 5.60 Å². The molecule has 4 nitrogen and oxygen atoms in total. The van der Waals surface area contributed by atoms with E-state index in [4.69, 9.17) is 11.6 Å². The minimum atomic E-state index is -1.45. The number of halogens is 1. The molecule has 4 rings (SSSR count). The van der Waals surface area contributed by atoms with Gasteiger partial charge in [0.25, 0.3) is 0 Å². The van der Waals surface area contributed by atoms with Crippen molar-refractivity contribution in [3.8, 4) is 0 Å². The molecule has 1 heterocycles. The summed E-state index contributed by atoms with van der Waals surface area (Å²) < 4.78 is 1.80. The normalized spacial score (nSPS) is 13.6. The molecule has 1 unspecified atom stereocenters. The topological polar surface area (TPSA) is 50.9 Å². The fourth-order valence-electron chi connectivity index (χ4n) is 3.39. The second kappa shape index (κ2) is 7.58. The summed E-state index contributed by atoms with van der Waals surface area (Å²) in [5.41, 5.74) is 1.70. The van der Waals surface area contributed by atoms with Gasteiger partial charge in [-0.1, -0.05) is 89.6 Å². The van der Waals surface area contributed by atoms with Crippen molar-refractivity contribution in [3.05, 3.63) is 107 Å². The molecule has 1 atom stereocenters. The van der Waals surface area contributed by atoms with Crippen LogP contribution in [0, 0.1) is 0 Å². The van der Waals surface area contributed by atoms with Crippen LogP contribution >= 0.6 is 11.6 Å². The SMILES string of the molecule is CC(C=C(Cl)C(O)(c1ccccc1)c1ccccc1)n1nnc2ccccc21. The van der Waals surface area contributed by atoms with Crippen LogP contribution in [0.4, 0.5) is 0 Å². The third-order valence-electron chi connectivity index (χ3n) is 4.88. The summed E-state index contributed by atoms with van der Waals surface area (Å²) in [5.74, 6) is 0. The lowest BCUT2D eigenvalue weighted by Gasteiger charge is -2.29. The summed E-state index contributed by atoms with van der Waals surface area (Å²) in [6.45, 7) is 1.97. The molecule has 1 N–H and O–H groups in total. The van der Waals surface area contributed by atoms with Crippen molar-refractivity contribution in [2.45, 2.75) is 18.6 Å². The minimum Gasteiger partial charge on any atom is -0.375 e. The fourth-order valence-corrected chi connectivity index (χ4v) is 3.79. The molecular weight excluding hydrogens is 370 g/mol. The molecule has 0 saturated heterocycles. The summed E-state index contributed by atoms with van der Waals surface area (Å²) in [6.07, 6.45) is 1.82. The van der Waals surface area contributed by atoms with Gasteiger partial charge in [0.15, 0.2) is 5.60 Å². The molecule has 3 aromatic carbocycles. The Morgan fingerprint density at radius 1 is 0.929 bits per heavy atom. The molecule has 0 fully saturated rings. The lowest BCUT2D eigenvalue weighted by atomic mass is 9.85. The zero-order chi connectivity index (χ0) is 19.6. The molecule has 0 bridgehead atoms. The lowest BCUT2D eigenvalue weighted by molar-refractivity contribution is 0.128. The average molecular weight is 390 g/mol. The number of para-hydroxylation sites is 1. The molecule has 0 aliphatic heterocycles. The maximum atomic E-state index is 11.7. The summed E-state index contributed by atoms with van der Waals surface area (Å²) >= 11 is 6.77. The Kier molecular flexibility index (Phi) is 4.99. The predicted molar refractivity (Wildman–Crippen MR) is 112 cm³/mol. The molecule has 4 aromatic rings. The molecule has 0 aliphatic carbocycles. The third kappa shape index (κ3) is 3.21. The Bertz CT molecular complexity index is 1070. The highest BCUT2D eigenvalue weighted by Gasteiger charge is 2.35. The number of aliphatic hydroxyl groups is 1. The van der Waals surface area contributed by atoms with Gasteiger partial charge in [0.05, 0.1) is 16.6 Å². The Labute approximate surface area is 168 Å². The van der Waals surface area contributed by atoms with Gasteiger partial charge in [-0.3, -0.25) is 0 Å². The standard InChI is InChI=1S/C23H20ClN3O/c1-17(27-21-15-9-8-14-20(21)25-26-27)16-22(24)23(28,18-10-4-2-5-11-18)19-12-6-3-7-13-19/h2-17,28H,1H3. The summed E-state index contributed by atoms with van der Waals surface area (Å²) in [6, 6.07) is 26.5. The van der Waals surface area contributed by atoms with Crippen LogP contribution in [0.2, 0.25) is 0 Å². The monoisotopic (exact) mass is 389 g/mol. The number of hydrogen-bond donors (Lipinski definition) is 1. The summed E-state index contributed by atoms with van der Waals surface area (Å²) in [7, 11) is 0. The minimum absolute atomic E-state index is 0.196. The molecule has 0 amide bonds. The number of hydrogen-bond acceptors (Lipinski definition) is 3. The van der Waals surface area contributed by atoms with Crippen LogP contribution in [0.1, 0.15) is 24.1 Å². The molecule has 5 heteroatoms. The van der Waals surface area contributed by atoms with Gasteiger partial charge < -0.3 is 5.11 Å².